The van der Waals surface area contributed by atoms with Crippen LogP contribution in [0.25, 0.3) is 11.1 Å². The largest absolute Gasteiger partial charge is 0.465 e. The minimum atomic E-state index is -0.866. The standard InChI is InChI=1S/C26H23N3O3/c27-25(28)31-16-22-20-13-17(8-11-26(30)9-2-10-26)4-6-23(20)32-24-7-5-18(14-21(22)24)19-3-1-12-29-15-19/h1,3-7,12-15,22,30H,2,9-10,16H2,(H3,27,28)/t22-/m0/s1. The average Bonchev–Trinajstić information content (AvgIpc) is 2.79. The molecule has 5 rings (SSSR count). The van der Waals surface area contributed by atoms with Gasteiger partial charge in [0, 0.05) is 34.6 Å². The van der Waals surface area contributed by atoms with Crippen LogP contribution in [-0.2, 0) is 4.74 Å². The minimum absolute atomic E-state index is 0.192. The lowest BCUT2D eigenvalue weighted by molar-refractivity contribution is 0.0240. The molecule has 2 aromatic carbocycles. The number of nitrogens with two attached hydrogens (primary N) is 1. The number of hydrogen-bond donors (Lipinski definition) is 3. The number of aliphatic hydroxyl groups is 1. The maximum Gasteiger partial charge on any atom is 0.279 e. The van der Waals surface area contributed by atoms with Gasteiger partial charge in [-0.3, -0.25) is 10.4 Å². The van der Waals surface area contributed by atoms with Crippen LogP contribution in [0.15, 0.2) is 60.9 Å². The zero-order valence-electron chi connectivity index (χ0n) is 17.5. The molecule has 1 atom stereocenters. The van der Waals surface area contributed by atoms with Gasteiger partial charge in [-0.2, -0.15) is 0 Å². The average molecular weight is 425 g/mol. The zero-order chi connectivity index (χ0) is 22.1. The van der Waals surface area contributed by atoms with E-state index in [9.17, 15) is 5.11 Å². The Balaban J connectivity index is 1.55. The summed E-state index contributed by atoms with van der Waals surface area (Å²) in [4.78, 5) is 4.21. The summed E-state index contributed by atoms with van der Waals surface area (Å²) in [6.45, 7) is 0.204. The number of aromatic nitrogens is 1. The molecule has 0 spiro atoms. The van der Waals surface area contributed by atoms with E-state index >= 15 is 0 Å². The number of rotatable bonds is 3. The molecule has 1 aliphatic heterocycles. The maximum absolute atomic E-state index is 10.3. The van der Waals surface area contributed by atoms with Crippen molar-refractivity contribution in [1.82, 2.24) is 4.98 Å². The monoisotopic (exact) mass is 425 g/mol. The summed E-state index contributed by atoms with van der Waals surface area (Å²) in [6.07, 6.45) is 6.00. The molecule has 1 saturated carbocycles. The number of amidine groups is 1. The Bertz CT molecular complexity index is 1240. The second-order valence-electron chi connectivity index (χ2n) is 8.21. The van der Waals surface area contributed by atoms with Crippen LogP contribution < -0.4 is 10.5 Å². The van der Waals surface area contributed by atoms with E-state index in [4.69, 9.17) is 20.6 Å². The van der Waals surface area contributed by atoms with Gasteiger partial charge in [-0.05, 0) is 61.2 Å². The third-order valence-corrected chi connectivity index (χ3v) is 6.01. The number of benzene rings is 2. The van der Waals surface area contributed by atoms with Crippen molar-refractivity contribution >= 4 is 6.02 Å². The lowest BCUT2D eigenvalue weighted by atomic mass is 9.81. The molecule has 0 unspecified atom stereocenters. The molecular formula is C26H23N3O3. The van der Waals surface area contributed by atoms with Crippen molar-refractivity contribution in [3.63, 3.8) is 0 Å². The van der Waals surface area contributed by atoms with E-state index in [0.717, 1.165) is 45.7 Å². The molecule has 2 heterocycles. The van der Waals surface area contributed by atoms with Gasteiger partial charge >= 0.3 is 0 Å². The van der Waals surface area contributed by atoms with Crippen LogP contribution >= 0.6 is 0 Å². The fraction of sp³-hybridized carbons (Fsp3) is 0.231. The van der Waals surface area contributed by atoms with E-state index in [0.29, 0.717) is 12.8 Å². The van der Waals surface area contributed by atoms with Crippen molar-refractivity contribution in [1.29, 1.82) is 5.41 Å². The predicted molar refractivity (Wildman–Crippen MR) is 122 cm³/mol. The first-order valence-corrected chi connectivity index (χ1v) is 10.6. The molecule has 32 heavy (non-hydrogen) atoms. The van der Waals surface area contributed by atoms with E-state index in [1.807, 2.05) is 48.7 Å². The lowest BCUT2D eigenvalue weighted by Gasteiger charge is -2.31. The van der Waals surface area contributed by atoms with Gasteiger partial charge < -0.3 is 20.3 Å². The smallest absolute Gasteiger partial charge is 0.279 e. The zero-order valence-corrected chi connectivity index (χ0v) is 17.5. The van der Waals surface area contributed by atoms with Crippen LogP contribution in [-0.4, -0.2) is 28.3 Å². The summed E-state index contributed by atoms with van der Waals surface area (Å²) in [5.74, 6) is 7.39. The van der Waals surface area contributed by atoms with Crippen molar-refractivity contribution < 1.29 is 14.6 Å². The number of ether oxygens (including phenoxy) is 2. The molecule has 6 heteroatoms. The Kier molecular flexibility index (Phi) is 5.04. The molecule has 4 N–H and O–H groups in total. The van der Waals surface area contributed by atoms with E-state index in [2.05, 4.69) is 22.9 Å². The topological polar surface area (TPSA) is 101 Å². The van der Waals surface area contributed by atoms with Crippen LogP contribution in [0.3, 0.4) is 0 Å². The van der Waals surface area contributed by atoms with Crippen LogP contribution in [0.1, 0.15) is 41.9 Å². The molecule has 1 aromatic heterocycles. The van der Waals surface area contributed by atoms with Crippen molar-refractivity contribution in [2.24, 2.45) is 5.73 Å². The van der Waals surface area contributed by atoms with Crippen molar-refractivity contribution in [3.05, 3.63) is 77.6 Å². The Labute approximate surface area is 186 Å². The second kappa shape index (κ2) is 8.03. The first-order chi connectivity index (χ1) is 15.5. The first kappa shape index (κ1) is 20.1. The highest BCUT2D eigenvalue weighted by atomic mass is 16.5. The summed E-state index contributed by atoms with van der Waals surface area (Å²) in [5, 5.41) is 17.8. The number of pyridine rings is 1. The Morgan fingerprint density at radius 3 is 2.62 bits per heavy atom. The van der Waals surface area contributed by atoms with E-state index in [-0.39, 0.29) is 18.5 Å². The molecular weight excluding hydrogens is 402 g/mol. The first-order valence-electron chi connectivity index (χ1n) is 10.6. The molecule has 2 aliphatic rings. The molecule has 0 amide bonds. The Hall–Kier alpha value is -3.82. The predicted octanol–water partition coefficient (Wildman–Crippen LogP) is 4.16. The molecule has 0 radical (unpaired) electrons. The highest BCUT2D eigenvalue weighted by molar-refractivity contribution is 5.69. The molecule has 0 saturated heterocycles. The molecule has 0 bridgehead atoms. The quantitative estimate of drug-likeness (QED) is 0.332. The van der Waals surface area contributed by atoms with Crippen LogP contribution in [0.2, 0.25) is 0 Å². The van der Waals surface area contributed by atoms with E-state index in [1.54, 1.807) is 6.20 Å². The van der Waals surface area contributed by atoms with Crippen LogP contribution in [0.5, 0.6) is 11.5 Å². The summed E-state index contributed by atoms with van der Waals surface area (Å²) in [7, 11) is 0. The van der Waals surface area contributed by atoms with Gasteiger partial charge in [-0.25, -0.2) is 0 Å². The van der Waals surface area contributed by atoms with Crippen molar-refractivity contribution in [3.8, 4) is 34.5 Å². The van der Waals surface area contributed by atoms with Gasteiger partial charge in [0.1, 0.15) is 23.7 Å². The fourth-order valence-electron chi connectivity index (χ4n) is 4.08. The highest BCUT2D eigenvalue weighted by Crippen LogP contribution is 2.46. The van der Waals surface area contributed by atoms with Gasteiger partial charge in [0.2, 0.25) is 0 Å². The maximum atomic E-state index is 10.3. The van der Waals surface area contributed by atoms with Gasteiger partial charge in [0.15, 0.2) is 0 Å². The molecule has 160 valence electrons. The third kappa shape index (κ3) is 3.91. The summed E-state index contributed by atoms with van der Waals surface area (Å²) >= 11 is 0. The number of hydrogen-bond acceptors (Lipinski definition) is 5. The SMILES string of the molecule is N=C(N)OC[C@H]1c2cc(C#CC3(O)CCC3)ccc2Oc2ccc(-c3cccnc3)cc21. The second-order valence-corrected chi connectivity index (χ2v) is 8.21. The molecule has 1 aliphatic carbocycles. The van der Waals surface area contributed by atoms with Gasteiger partial charge in [-0.1, -0.05) is 24.0 Å². The Morgan fingerprint density at radius 1 is 1.16 bits per heavy atom. The van der Waals surface area contributed by atoms with Crippen molar-refractivity contribution in [2.75, 3.05) is 6.61 Å². The van der Waals surface area contributed by atoms with Gasteiger partial charge in [0.25, 0.3) is 6.02 Å². The third-order valence-electron chi connectivity index (χ3n) is 6.01. The molecule has 3 aromatic rings. The normalized spacial score (nSPS) is 17.5. The van der Waals surface area contributed by atoms with Crippen LogP contribution in [0, 0.1) is 17.3 Å². The highest BCUT2D eigenvalue weighted by Gasteiger charge is 2.32. The summed E-state index contributed by atoms with van der Waals surface area (Å²) in [5.41, 5.74) is 9.29. The van der Waals surface area contributed by atoms with Crippen molar-refractivity contribution in [2.45, 2.75) is 30.8 Å². The van der Waals surface area contributed by atoms with Crippen LogP contribution in [0.4, 0.5) is 0 Å². The number of nitrogens with zero attached hydrogens (tertiary/aromatic N) is 1. The van der Waals surface area contributed by atoms with E-state index < -0.39 is 5.60 Å². The summed E-state index contributed by atoms with van der Waals surface area (Å²) in [6, 6.07) is 15.4. The fourth-order valence-corrected chi connectivity index (χ4v) is 4.08. The lowest BCUT2D eigenvalue weighted by Crippen LogP contribution is -2.34. The van der Waals surface area contributed by atoms with Gasteiger partial charge in [-0.15, -0.1) is 0 Å². The van der Waals surface area contributed by atoms with E-state index in [1.165, 1.54) is 0 Å². The molecule has 1 fully saturated rings. The number of nitrogens with one attached hydrogen (secondary N) is 1. The molecule has 6 nitrogen and oxygen atoms in total. The Morgan fingerprint density at radius 2 is 1.94 bits per heavy atom. The van der Waals surface area contributed by atoms with Gasteiger partial charge in [0.05, 0.1) is 5.92 Å². The summed E-state index contributed by atoms with van der Waals surface area (Å²) < 4.78 is 11.6. The number of fused-ring (bicyclic) bond motifs is 2. The minimum Gasteiger partial charge on any atom is -0.465 e.